The van der Waals surface area contributed by atoms with Gasteiger partial charge < -0.3 is 51.3 Å². The van der Waals surface area contributed by atoms with E-state index in [1.54, 1.807) is 41.5 Å². The van der Waals surface area contributed by atoms with Crippen molar-refractivity contribution in [2.24, 2.45) is 29.6 Å². The average Bonchev–Trinajstić information content (AvgIpc) is 0.760. The van der Waals surface area contributed by atoms with Crippen LogP contribution in [0.3, 0.4) is 0 Å². The monoisotopic (exact) mass is 1330 g/mol. The number of nitrogens with one attached hydrogen (secondary N) is 7. The summed E-state index contributed by atoms with van der Waals surface area (Å²) in [5.74, 6) is -9.10. The predicted octanol–water partition coefficient (Wildman–Crippen LogP) is 7.71. The number of hydrogen-bond donors (Lipinski definition) is 7. The van der Waals surface area contributed by atoms with Crippen LogP contribution < -0.4 is 52.4 Å². The van der Waals surface area contributed by atoms with Crippen LogP contribution in [-0.4, -0.2) is 133 Å². The van der Waals surface area contributed by atoms with Gasteiger partial charge in [0, 0.05) is 13.0 Å². The van der Waals surface area contributed by atoms with Crippen LogP contribution in [0, 0.1) is 29.6 Å². The van der Waals surface area contributed by atoms with Gasteiger partial charge in [0.2, 0.25) is 47.3 Å². The third-order valence-electron chi connectivity index (χ3n) is 16.9. The maximum Gasteiger partial charge on any atom is 0.329 e. The zero-order valence-electron chi connectivity index (χ0n) is 59.4. The van der Waals surface area contributed by atoms with E-state index in [0.717, 1.165) is 54.1 Å². The standard InChI is InChI=1S/C74H114N8O12Si/c1-15-17-18-19-20-21-22-23-27-34-54-45-63(84)75-58(41-42-62(83)81-95(55-35-28-24-29-36-55,56-37-30-25-31-38-56)57-39-32-26-33-40-57)68(87)78-61(44-50(5)6)72(91)82(47-51(7)8)48-64(85)79-66(52(9)10)71(90)77-60(46-65(86)94-74(12,13)14)69(88)76-59(43-49(3)4)70(89)80-67(53(11)16-2)73(92)93-54/h24-26,28-33,35-40,49-54,58-61,66-67H,15-23,27,34,41-48H2,1-14H3,(H,75,84)(H,76,88)(H,77,90)(H,78,87)(H,79,85)(H,80,89)(H,81,83). The van der Waals surface area contributed by atoms with E-state index in [4.69, 9.17) is 9.47 Å². The lowest BCUT2D eigenvalue weighted by Crippen LogP contribution is -2.77. The summed E-state index contributed by atoms with van der Waals surface area (Å²) < 4.78 is 11.9. The highest BCUT2D eigenvalue weighted by Crippen LogP contribution is 2.21. The second-order valence-corrected chi connectivity index (χ2v) is 31.9. The molecule has 7 N–H and O–H groups in total. The quantitative estimate of drug-likeness (QED) is 0.0159. The van der Waals surface area contributed by atoms with E-state index in [1.807, 2.05) is 139 Å². The van der Waals surface area contributed by atoms with Gasteiger partial charge in [0.15, 0.2) is 0 Å². The molecule has 21 heteroatoms. The molecule has 1 aliphatic heterocycles. The molecule has 20 nitrogen and oxygen atoms in total. The number of amides is 8. The molecule has 0 spiro atoms. The van der Waals surface area contributed by atoms with Crippen molar-refractivity contribution in [3.63, 3.8) is 0 Å². The highest BCUT2D eigenvalue weighted by atomic mass is 28.3. The van der Waals surface area contributed by atoms with Gasteiger partial charge in [0.05, 0.1) is 19.4 Å². The molecule has 95 heavy (non-hydrogen) atoms. The van der Waals surface area contributed by atoms with Gasteiger partial charge in [-0.05, 0) is 98.0 Å². The highest BCUT2D eigenvalue weighted by molar-refractivity contribution is 7.10. The minimum Gasteiger partial charge on any atom is -0.460 e. The number of carbonyl (C=O) groups is 10. The minimum absolute atomic E-state index is 0.0473. The molecule has 3 aromatic rings. The van der Waals surface area contributed by atoms with Gasteiger partial charge in [-0.3, -0.25) is 43.2 Å². The number of cyclic esters (lactones) is 1. The Bertz CT molecular complexity index is 2830. The molecule has 8 amide bonds. The largest absolute Gasteiger partial charge is 0.460 e. The lowest BCUT2D eigenvalue weighted by Gasteiger charge is -2.34. The maximum atomic E-state index is 15.3. The first kappa shape index (κ1) is 80.0. The zero-order chi connectivity index (χ0) is 70.4. The second kappa shape index (κ2) is 40.2. The second-order valence-electron chi connectivity index (χ2n) is 28.4. The first-order valence-corrected chi connectivity index (χ1v) is 37.0. The molecule has 1 aliphatic rings. The number of benzene rings is 3. The molecule has 0 aliphatic carbocycles. The summed E-state index contributed by atoms with van der Waals surface area (Å²) >= 11 is 0. The molecule has 0 aromatic heterocycles. The van der Waals surface area contributed by atoms with Gasteiger partial charge in [-0.2, -0.15) is 0 Å². The molecule has 1 fully saturated rings. The Labute approximate surface area is 567 Å². The number of esters is 2. The summed E-state index contributed by atoms with van der Waals surface area (Å²) in [6.45, 7) is 24.7. The number of hydrogen-bond acceptors (Lipinski definition) is 12. The van der Waals surface area contributed by atoms with Crippen molar-refractivity contribution in [2.75, 3.05) is 13.1 Å². The van der Waals surface area contributed by atoms with E-state index in [-0.39, 0.29) is 56.4 Å². The normalized spacial score (nSPS) is 20.9. The Balaban J connectivity index is 1.90. The molecular weight excluding hydrogens is 1220 g/mol. The van der Waals surface area contributed by atoms with E-state index in [0.29, 0.717) is 12.8 Å². The predicted molar refractivity (Wildman–Crippen MR) is 374 cm³/mol. The van der Waals surface area contributed by atoms with Gasteiger partial charge >= 0.3 is 11.9 Å². The van der Waals surface area contributed by atoms with Crippen molar-refractivity contribution < 1.29 is 57.4 Å². The van der Waals surface area contributed by atoms with Gasteiger partial charge in [0.25, 0.3) is 8.24 Å². The lowest BCUT2D eigenvalue weighted by atomic mass is 9.97. The van der Waals surface area contributed by atoms with Crippen LogP contribution in [0.1, 0.15) is 206 Å². The first-order valence-electron chi connectivity index (χ1n) is 35.0. The van der Waals surface area contributed by atoms with Gasteiger partial charge in [-0.25, -0.2) is 4.79 Å². The number of ether oxygens (including phenoxy) is 2. The van der Waals surface area contributed by atoms with Crippen molar-refractivity contribution >= 4 is 83.0 Å². The first-order chi connectivity index (χ1) is 45.0. The Morgan fingerprint density at radius 3 is 1.54 bits per heavy atom. The Hall–Kier alpha value is -7.42. The number of carbonyl (C=O) groups excluding carboxylic acids is 10. The molecule has 8 atom stereocenters. The highest BCUT2D eigenvalue weighted by Gasteiger charge is 2.43. The van der Waals surface area contributed by atoms with Gasteiger partial charge in [-0.15, -0.1) is 0 Å². The molecule has 0 radical (unpaired) electrons. The van der Waals surface area contributed by atoms with E-state index in [9.17, 15) is 38.4 Å². The Morgan fingerprint density at radius 1 is 0.558 bits per heavy atom. The molecule has 526 valence electrons. The van der Waals surface area contributed by atoms with Crippen molar-refractivity contribution in [1.29, 1.82) is 0 Å². The molecule has 1 heterocycles. The summed E-state index contributed by atoms with van der Waals surface area (Å²) in [5, 5.41) is 19.6. The Morgan fingerprint density at radius 2 is 1.04 bits per heavy atom. The van der Waals surface area contributed by atoms with Crippen molar-refractivity contribution in [2.45, 2.75) is 254 Å². The van der Waals surface area contributed by atoms with Crippen LogP contribution in [0.2, 0.25) is 0 Å². The summed E-state index contributed by atoms with van der Waals surface area (Å²) in [5.41, 5.74) is -0.981. The van der Waals surface area contributed by atoms with Crippen LogP contribution in [0.15, 0.2) is 91.0 Å². The van der Waals surface area contributed by atoms with E-state index >= 15 is 9.59 Å². The molecule has 0 bridgehead atoms. The maximum absolute atomic E-state index is 15.3. The fourth-order valence-electron chi connectivity index (χ4n) is 11.9. The summed E-state index contributed by atoms with van der Waals surface area (Å²) in [7, 11) is -3.38. The fraction of sp³-hybridized carbons (Fsp3) is 0.622. The third kappa shape index (κ3) is 27.3. The van der Waals surface area contributed by atoms with Crippen LogP contribution in [0.4, 0.5) is 0 Å². The van der Waals surface area contributed by atoms with Crippen LogP contribution in [0.25, 0.3) is 0 Å². The summed E-state index contributed by atoms with van der Waals surface area (Å²) in [6, 6.07) is 21.0. The van der Waals surface area contributed by atoms with E-state index in [2.05, 4.69) is 43.8 Å². The van der Waals surface area contributed by atoms with Gasteiger partial charge in [0.1, 0.15) is 48.0 Å². The topological polar surface area (TPSA) is 277 Å². The number of nitrogens with zero attached hydrogens (tertiary/aromatic N) is 1. The molecule has 0 saturated carbocycles. The number of unbranched alkanes of at least 4 members (excludes halogenated alkanes) is 8. The summed E-state index contributed by atoms with van der Waals surface area (Å²) in [6.07, 6.45) is 7.15. The van der Waals surface area contributed by atoms with Crippen molar-refractivity contribution in [3.05, 3.63) is 91.0 Å². The van der Waals surface area contributed by atoms with Crippen LogP contribution in [0.5, 0.6) is 0 Å². The minimum atomic E-state index is -3.38. The lowest BCUT2D eigenvalue weighted by molar-refractivity contribution is -0.158. The van der Waals surface area contributed by atoms with Crippen molar-refractivity contribution in [3.8, 4) is 0 Å². The van der Waals surface area contributed by atoms with Crippen LogP contribution >= 0.6 is 0 Å². The number of rotatable bonds is 28. The molecule has 8 unspecified atom stereocenters. The van der Waals surface area contributed by atoms with E-state index < -0.39 is 147 Å². The SMILES string of the molecule is CCCCCCCCCCCC1CC(=O)NC(CCC(=O)N[Si](c2ccccc2)(c2ccccc2)c2ccccc2)C(=O)NC(CC(C)C)C(=O)N(CC(C)C)CC(=O)NC(C(C)C)C(=O)NC(CC(=O)OC(C)(C)C)C(=O)NC(CC(C)C)C(=O)NC(C(C)CC)C(=O)O1. The van der Waals surface area contributed by atoms with Gasteiger partial charge in [-0.1, -0.05) is 225 Å². The fourth-order valence-corrected chi connectivity index (χ4v) is 15.9. The molecule has 1 saturated heterocycles. The third-order valence-corrected chi connectivity index (χ3v) is 21.2. The average molecular weight is 1340 g/mol. The van der Waals surface area contributed by atoms with Crippen LogP contribution in [-0.2, 0) is 57.4 Å². The summed E-state index contributed by atoms with van der Waals surface area (Å²) in [4.78, 5) is 152. The smallest absolute Gasteiger partial charge is 0.329 e. The molecule has 3 aromatic carbocycles. The molecular formula is C74H114N8O12Si. The molecule has 4 rings (SSSR count). The van der Waals surface area contributed by atoms with Crippen molar-refractivity contribution in [1.82, 2.24) is 41.8 Å². The van der Waals surface area contributed by atoms with E-state index in [1.165, 1.54) is 17.7 Å². The Kier molecular flexibility index (Phi) is 33.9. The zero-order valence-corrected chi connectivity index (χ0v) is 60.4.